The van der Waals surface area contributed by atoms with E-state index in [9.17, 15) is 9.18 Å². The summed E-state index contributed by atoms with van der Waals surface area (Å²) in [7, 11) is 0. The maximum absolute atomic E-state index is 14.0. The average Bonchev–Trinajstić information content (AvgIpc) is 3.31. The number of rotatable bonds is 4. The minimum absolute atomic E-state index is 0.0675. The van der Waals surface area contributed by atoms with Crippen LogP contribution in [0.1, 0.15) is 40.8 Å². The summed E-state index contributed by atoms with van der Waals surface area (Å²) in [5.41, 5.74) is 2.09. The van der Waals surface area contributed by atoms with E-state index in [1.807, 2.05) is 18.7 Å². The van der Waals surface area contributed by atoms with E-state index in [-0.39, 0.29) is 17.6 Å². The standard InChI is InChI=1S/C20H21FN4O2S/c1-12-16(13(2)27-24-12)10-18(26)25-9-5-6-14(11-25)19-22-23-20(28-19)15-7-3-4-8-17(15)21/h3-4,7-8,14H,5-6,9-11H2,1-2H3. The molecule has 1 unspecified atom stereocenters. The van der Waals surface area contributed by atoms with Gasteiger partial charge in [-0.15, -0.1) is 10.2 Å². The number of aromatic nitrogens is 3. The molecule has 0 bridgehead atoms. The van der Waals surface area contributed by atoms with Gasteiger partial charge >= 0.3 is 0 Å². The van der Waals surface area contributed by atoms with Crippen molar-refractivity contribution in [1.29, 1.82) is 0 Å². The topological polar surface area (TPSA) is 72.1 Å². The Morgan fingerprint density at radius 1 is 1.32 bits per heavy atom. The second kappa shape index (κ2) is 7.79. The molecule has 6 nitrogen and oxygen atoms in total. The van der Waals surface area contributed by atoms with E-state index >= 15 is 0 Å². The molecule has 28 heavy (non-hydrogen) atoms. The number of carbonyl (C=O) groups excluding carboxylic acids is 1. The molecule has 0 aliphatic carbocycles. The number of likely N-dealkylation sites (tertiary alicyclic amines) is 1. The highest BCUT2D eigenvalue weighted by Crippen LogP contribution is 2.33. The third kappa shape index (κ3) is 3.69. The molecular formula is C20H21FN4O2S. The van der Waals surface area contributed by atoms with Gasteiger partial charge in [0.15, 0.2) is 5.01 Å². The number of piperidine rings is 1. The number of carbonyl (C=O) groups is 1. The van der Waals surface area contributed by atoms with Gasteiger partial charge in [-0.3, -0.25) is 4.79 Å². The summed E-state index contributed by atoms with van der Waals surface area (Å²) in [5, 5.41) is 13.8. The van der Waals surface area contributed by atoms with E-state index in [0.717, 1.165) is 35.7 Å². The first kappa shape index (κ1) is 18.7. The van der Waals surface area contributed by atoms with Gasteiger partial charge in [-0.25, -0.2) is 4.39 Å². The van der Waals surface area contributed by atoms with Crippen LogP contribution in [0.3, 0.4) is 0 Å². The maximum atomic E-state index is 14.0. The van der Waals surface area contributed by atoms with Crippen LogP contribution < -0.4 is 0 Å². The minimum Gasteiger partial charge on any atom is -0.361 e. The fourth-order valence-electron chi connectivity index (χ4n) is 3.57. The van der Waals surface area contributed by atoms with Crippen molar-refractivity contribution in [3.8, 4) is 10.6 Å². The van der Waals surface area contributed by atoms with Crippen molar-refractivity contribution in [2.45, 2.75) is 39.0 Å². The molecule has 1 aliphatic heterocycles. The number of benzene rings is 1. The van der Waals surface area contributed by atoms with Gasteiger partial charge < -0.3 is 9.42 Å². The molecule has 1 saturated heterocycles. The van der Waals surface area contributed by atoms with Gasteiger partial charge in [0.2, 0.25) is 5.91 Å². The Hall–Kier alpha value is -2.61. The number of amides is 1. The molecule has 2 aromatic heterocycles. The zero-order chi connectivity index (χ0) is 19.7. The zero-order valence-electron chi connectivity index (χ0n) is 15.8. The van der Waals surface area contributed by atoms with E-state index in [1.54, 1.807) is 18.2 Å². The van der Waals surface area contributed by atoms with Gasteiger partial charge in [0, 0.05) is 30.1 Å². The first-order chi connectivity index (χ1) is 13.5. The highest BCUT2D eigenvalue weighted by Gasteiger charge is 2.28. The molecule has 1 aliphatic rings. The molecule has 4 rings (SSSR count). The van der Waals surface area contributed by atoms with Crippen LogP contribution in [0, 0.1) is 19.7 Å². The Kier molecular flexibility index (Phi) is 5.21. The molecule has 8 heteroatoms. The van der Waals surface area contributed by atoms with Crippen LogP contribution in [0.25, 0.3) is 10.6 Å². The van der Waals surface area contributed by atoms with Crippen LogP contribution >= 0.6 is 11.3 Å². The lowest BCUT2D eigenvalue weighted by Gasteiger charge is -2.31. The first-order valence-corrected chi connectivity index (χ1v) is 10.1. The molecule has 3 aromatic rings. The number of hydrogen-bond donors (Lipinski definition) is 0. The van der Waals surface area contributed by atoms with E-state index in [2.05, 4.69) is 15.4 Å². The summed E-state index contributed by atoms with van der Waals surface area (Å²) in [5.74, 6) is 0.585. The minimum atomic E-state index is -0.301. The third-order valence-corrected chi connectivity index (χ3v) is 6.30. The van der Waals surface area contributed by atoms with Gasteiger partial charge in [0.25, 0.3) is 0 Å². The van der Waals surface area contributed by atoms with Crippen molar-refractivity contribution in [3.63, 3.8) is 0 Å². The molecule has 0 N–H and O–H groups in total. The molecule has 0 spiro atoms. The smallest absolute Gasteiger partial charge is 0.227 e. The fraction of sp³-hybridized carbons (Fsp3) is 0.400. The Labute approximate surface area is 166 Å². The first-order valence-electron chi connectivity index (χ1n) is 9.30. The highest BCUT2D eigenvalue weighted by atomic mass is 32.1. The summed E-state index contributed by atoms with van der Waals surface area (Å²) >= 11 is 1.41. The predicted octanol–water partition coefficient (Wildman–Crippen LogP) is 3.90. The van der Waals surface area contributed by atoms with Crippen molar-refractivity contribution in [1.82, 2.24) is 20.3 Å². The van der Waals surface area contributed by atoms with Crippen molar-refractivity contribution < 1.29 is 13.7 Å². The normalized spacial score (nSPS) is 17.1. The molecule has 1 amide bonds. The van der Waals surface area contributed by atoms with Crippen LogP contribution in [-0.2, 0) is 11.2 Å². The second-order valence-corrected chi connectivity index (χ2v) is 8.09. The molecule has 1 aromatic carbocycles. The molecule has 1 fully saturated rings. The van der Waals surface area contributed by atoms with Crippen molar-refractivity contribution >= 4 is 17.2 Å². The summed E-state index contributed by atoms with van der Waals surface area (Å²) < 4.78 is 19.2. The molecule has 3 heterocycles. The maximum Gasteiger partial charge on any atom is 0.227 e. The van der Waals surface area contributed by atoms with Crippen LogP contribution in [0.5, 0.6) is 0 Å². The lowest BCUT2D eigenvalue weighted by Crippen LogP contribution is -2.40. The molecular weight excluding hydrogens is 379 g/mol. The van der Waals surface area contributed by atoms with Gasteiger partial charge in [-0.2, -0.15) is 0 Å². The SMILES string of the molecule is Cc1noc(C)c1CC(=O)N1CCCC(c2nnc(-c3ccccc3F)s2)C1. The monoisotopic (exact) mass is 400 g/mol. The van der Waals surface area contributed by atoms with E-state index < -0.39 is 0 Å². The van der Waals surface area contributed by atoms with E-state index in [0.29, 0.717) is 29.3 Å². The van der Waals surface area contributed by atoms with Gasteiger partial charge in [-0.1, -0.05) is 28.6 Å². The van der Waals surface area contributed by atoms with Crippen molar-refractivity contribution in [2.75, 3.05) is 13.1 Å². The zero-order valence-corrected chi connectivity index (χ0v) is 16.6. The number of aryl methyl sites for hydroxylation is 2. The van der Waals surface area contributed by atoms with E-state index in [1.165, 1.54) is 17.4 Å². The molecule has 0 saturated carbocycles. The highest BCUT2D eigenvalue weighted by molar-refractivity contribution is 7.14. The summed E-state index contributed by atoms with van der Waals surface area (Å²) in [6.45, 7) is 5.02. The van der Waals surface area contributed by atoms with E-state index in [4.69, 9.17) is 4.52 Å². The molecule has 1 atom stereocenters. The predicted molar refractivity (Wildman–Crippen MR) is 104 cm³/mol. The largest absolute Gasteiger partial charge is 0.361 e. The van der Waals surface area contributed by atoms with Crippen molar-refractivity contribution in [2.24, 2.45) is 0 Å². The van der Waals surface area contributed by atoms with Crippen molar-refractivity contribution in [3.05, 3.63) is 52.1 Å². The number of hydrogen-bond acceptors (Lipinski definition) is 6. The van der Waals surface area contributed by atoms with Gasteiger partial charge in [0.05, 0.1) is 12.1 Å². The number of halogens is 1. The van der Waals surface area contributed by atoms with Gasteiger partial charge in [0.1, 0.15) is 16.6 Å². The lowest BCUT2D eigenvalue weighted by atomic mass is 9.98. The molecule has 146 valence electrons. The summed E-state index contributed by atoms with van der Waals surface area (Å²) in [6.07, 6.45) is 2.15. The van der Waals surface area contributed by atoms with Crippen LogP contribution in [-0.4, -0.2) is 39.3 Å². The fourth-order valence-corrected chi connectivity index (χ4v) is 4.56. The van der Waals surface area contributed by atoms with Crippen LogP contribution in [0.2, 0.25) is 0 Å². The second-order valence-electron chi connectivity index (χ2n) is 7.08. The summed E-state index contributed by atoms with van der Waals surface area (Å²) in [4.78, 5) is 14.7. The Morgan fingerprint density at radius 3 is 2.89 bits per heavy atom. The van der Waals surface area contributed by atoms with Crippen LogP contribution in [0.15, 0.2) is 28.8 Å². The average molecular weight is 400 g/mol. The Morgan fingerprint density at radius 2 is 2.14 bits per heavy atom. The Bertz CT molecular complexity index is 980. The number of nitrogens with zero attached hydrogens (tertiary/aromatic N) is 4. The quantitative estimate of drug-likeness (QED) is 0.664. The third-order valence-electron chi connectivity index (χ3n) is 5.18. The lowest BCUT2D eigenvalue weighted by molar-refractivity contribution is -0.131. The van der Waals surface area contributed by atoms with Gasteiger partial charge in [-0.05, 0) is 38.8 Å². The summed E-state index contributed by atoms with van der Waals surface area (Å²) in [6, 6.07) is 6.58. The van der Waals surface area contributed by atoms with Crippen LogP contribution in [0.4, 0.5) is 4.39 Å². The molecule has 0 radical (unpaired) electrons. The Balaban J connectivity index is 1.47.